The number of piperazine rings is 1. The lowest BCUT2D eigenvalue weighted by Gasteiger charge is -2.34. The number of nitrogens with one attached hydrogen (secondary N) is 1. The van der Waals surface area contributed by atoms with Crippen LogP contribution in [0, 0.1) is 0 Å². The van der Waals surface area contributed by atoms with Gasteiger partial charge < -0.3 is 10.2 Å². The molecule has 4 nitrogen and oxygen atoms in total. The first kappa shape index (κ1) is 17.4. The fourth-order valence-corrected chi connectivity index (χ4v) is 3.20. The van der Waals surface area contributed by atoms with E-state index in [1.165, 1.54) is 0 Å². The van der Waals surface area contributed by atoms with E-state index in [0.717, 1.165) is 30.8 Å². The lowest BCUT2D eigenvalue weighted by molar-refractivity contribution is -0.133. The summed E-state index contributed by atoms with van der Waals surface area (Å²) in [4.78, 5) is 26.6. The van der Waals surface area contributed by atoms with Gasteiger partial charge >= 0.3 is 0 Å². The highest BCUT2D eigenvalue weighted by Crippen LogP contribution is 2.20. The molecule has 1 N–H and O–H groups in total. The summed E-state index contributed by atoms with van der Waals surface area (Å²) >= 11 is 0. The van der Waals surface area contributed by atoms with Gasteiger partial charge in [0.05, 0.1) is 0 Å². The number of rotatable bonds is 5. The van der Waals surface area contributed by atoms with Crippen LogP contribution in [-0.4, -0.2) is 42.3 Å². The lowest BCUT2D eigenvalue weighted by Crippen LogP contribution is -2.52. The van der Waals surface area contributed by atoms with Gasteiger partial charge in [-0.2, -0.15) is 0 Å². The Kier molecular flexibility index (Phi) is 5.61. The largest absolute Gasteiger partial charge is 0.337 e. The Morgan fingerprint density at radius 3 is 2.36 bits per heavy atom. The van der Waals surface area contributed by atoms with Crippen molar-refractivity contribution < 1.29 is 9.59 Å². The molecule has 1 amide bonds. The maximum Gasteiger partial charge on any atom is 0.223 e. The van der Waals surface area contributed by atoms with Crippen molar-refractivity contribution in [3.63, 3.8) is 0 Å². The second-order valence-corrected chi connectivity index (χ2v) is 6.51. The van der Waals surface area contributed by atoms with Crippen LogP contribution in [0.3, 0.4) is 0 Å². The molecule has 1 aliphatic heterocycles. The van der Waals surface area contributed by atoms with Crippen LogP contribution in [0.2, 0.25) is 0 Å². The van der Waals surface area contributed by atoms with E-state index < -0.39 is 0 Å². The molecule has 3 rings (SSSR count). The summed E-state index contributed by atoms with van der Waals surface area (Å²) in [5, 5.41) is 3.27. The van der Waals surface area contributed by atoms with E-state index in [-0.39, 0.29) is 30.6 Å². The molecule has 0 radical (unpaired) electrons. The number of carbonyl (C=O) groups excluding carboxylic acids is 2. The van der Waals surface area contributed by atoms with E-state index >= 15 is 0 Å². The Hall–Kier alpha value is -2.46. The fourth-order valence-electron chi connectivity index (χ4n) is 3.20. The van der Waals surface area contributed by atoms with E-state index in [1.807, 2.05) is 66.4 Å². The number of hydrogen-bond donors (Lipinski definition) is 1. The first-order chi connectivity index (χ1) is 12.1. The minimum atomic E-state index is 0.0238. The number of nitrogens with zero attached hydrogens (tertiary/aromatic N) is 1. The highest BCUT2D eigenvalue weighted by molar-refractivity contribution is 5.98. The number of ketones is 1. The van der Waals surface area contributed by atoms with Gasteiger partial charge in [-0.1, -0.05) is 54.6 Å². The van der Waals surface area contributed by atoms with Crippen molar-refractivity contribution in [1.29, 1.82) is 0 Å². The molecule has 0 unspecified atom stereocenters. The summed E-state index contributed by atoms with van der Waals surface area (Å²) in [7, 11) is 0. The molecule has 1 atom stereocenters. The van der Waals surface area contributed by atoms with Crippen molar-refractivity contribution in [2.75, 3.05) is 19.6 Å². The van der Waals surface area contributed by atoms with Gasteiger partial charge in [-0.05, 0) is 18.1 Å². The van der Waals surface area contributed by atoms with Gasteiger partial charge in [0.15, 0.2) is 5.78 Å². The summed E-state index contributed by atoms with van der Waals surface area (Å²) in [6, 6.07) is 17.9. The van der Waals surface area contributed by atoms with Crippen molar-refractivity contribution >= 4 is 11.7 Å². The average Bonchev–Trinajstić information content (AvgIpc) is 2.67. The maximum atomic E-state index is 12.4. The number of benzene rings is 2. The van der Waals surface area contributed by atoms with Crippen LogP contribution in [0.1, 0.15) is 30.1 Å². The molecular weight excluding hydrogens is 312 g/mol. The number of hydrogen-bond acceptors (Lipinski definition) is 3. The molecule has 0 aliphatic carbocycles. The summed E-state index contributed by atoms with van der Waals surface area (Å²) < 4.78 is 0. The van der Waals surface area contributed by atoms with Gasteiger partial charge in [-0.3, -0.25) is 9.59 Å². The molecule has 0 aromatic heterocycles. The van der Waals surface area contributed by atoms with Crippen LogP contribution in [0.25, 0.3) is 11.1 Å². The molecule has 2 aromatic rings. The summed E-state index contributed by atoms with van der Waals surface area (Å²) in [5.41, 5.74) is 2.88. The molecule has 0 saturated carbocycles. The van der Waals surface area contributed by atoms with E-state index in [9.17, 15) is 9.59 Å². The third kappa shape index (κ3) is 4.34. The standard InChI is InChI=1S/C21H24N2O2/c1-16-15-22-13-14-23(16)21(25)12-11-20(24)19-9-7-18(8-10-19)17-5-3-2-4-6-17/h2-10,16,22H,11-15H2,1H3/t16-/m0/s1. The summed E-state index contributed by atoms with van der Waals surface area (Å²) in [6.45, 7) is 4.40. The third-order valence-corrected chi connectivity index (χ3v) is 4.70. The van der Waals surface area contributed by atoms with Gasteiger partial charge in [0.2, 0.25) is 5.91 Å². The topological polar surface area (TPSA) is 49.4 Å². The Bertz CT molecular complexity index is 725. The minimum absolute atomic E-state index is 0.0238. The smallest absolute Gasteiger partial charge is 0.223 e. The van der Waals surface area contributed by atoms with Crippen LogP contribution < -0.4 is 5.32 Å². The predicted octanol–water partition coefficient (Wildman–Crippen LogP) is 3.14. The highest BCUT2D eigenvalue weighted by Gasteiger charge is 2.23. The van der Waals surface area contributed by atoms with Crippen molar-refractivity contribution in [1.82, 2.24) is 10.2 Å². The highest BCUT2D eigenvalue weighted by atomic mass is 16.2. The normalized spacial score (nSPS) is 17.3. The Labute approximate surface area is 148 Å². The molecule has 130 valence electrons. The molecule has 4 heteroatoms. The van der Waals surface area contributed by atoms with Crippen molar-refractivity contribution in [2.24, 2.45) is 0 Å². The van der Waals surface area contributed by atoms with Gasteiger partial charge in [0, 0.05) is 44.1 Å². The minimum Gasteiger partial charge on any atom is -0.337 e. The van der Waals surface area contributed by atoms with Crippen LogP contribution in [0.15, 0.2) is 54.6 Å². The van der Waals surface area contributed by atoms with Gasteiger partial charge in [-0.15, -0.1) is 0 Å². The number of Topliss-reactive ketones (excluding diaryl/α,β-unsaturated/α-hetero) is 1. The lowest BCUT2D eigenvalue weighted by atomic mass is 10.0. The quantitative estimate of drug-likeness (QED) is 0.854. The summed E-state index contributed by atoms with van der Waals surface area (Å²) in [6.07, 6.45) is 0.545. The monoisotopic (exact) mass is 336 g/mol. The zero-order valence-corrected chi connectivity index (χ0v) is 14.6. The molecule has 1 aliphatic rings. The molecule has 25 heavy (non-hydrogen) atoms. The second kappa shape index (κ2) is 8.08. The second-order valence-electron chi connectivity index (χ2n) is 6.51. The molecule has 2 aromatic carbocycles. The average molecular weight is 336 g/mol. The molecule has 0 bridgehead atoms. The zero-order valence-electron chi connectivity index (χ0n) is 14.6. The zero-order chi connectivity index (χ0) is 17.6. The molecular formula is C21H24N2O2. The number of amides is 1. The molecule has 1 saturated heterocycles. The molecule has 0 spiro atoms. The van der Waals surface area contributed by atoms with Crippen molar-refractivity contribution in [3.8, 4) is 11.1 Å². The van der Waals surface area contributed by atoms with Gasteiger partial charge in [0.25, 0.3) is 0 Å². The van der Waals surface area contributed by atoms with E-state index in [2.05, 4.69) is 5.32 Å². The first-order valence-electron chi connectivity index (χ1n) is 8.84. The SMILES string of the molecule is C[C@H]1CNCCN1C(=O)CCC(=O)c1ccc(-c2ccccc2)cc1. The van der Waals surface area contributed by atoms with E-state index in [1.54, 1.807) is 0 Å². The van der Waals surface area contributed by atoms with E-state index in [4.69, 9.17) is 0 Å². The fraction of sp³-hybridized carbons (Fsp3) is 0.333. The summed E-state index contributed by atoms with van der Waals surface area (Å²) in [5.74, 6) is 0.0963. The van der Waals surface area contributed by atoms with Crippen LogP contribution in [0.4, 0.5) is 0 Å². The Morgan fingerprint density at radius 1 is 1.00 bits per heavy atom. The first-order valence-corrected chi connectivity index (χ1v) is 8.84. The van der Waals surface area contributed by atoms with Crippen LogP contribution in [0.5, 0.6) is 0 Å². The number of carbonyl (C=O) groups is 2. The predicted molar refractivity (Wildman–Crippen MR) is 99.5 cm³/mol. The van der Waals surface area contributed by atoms with E-state index in [0.29, 0.717) is 5.56 Å². The Balaban J connectivity index is 1.57. The molecule has 1 fully saturated rings. The third-order valence-electron chi connectivity index (χ3n) is 4.70. The van der Waals surface area contributed by atoms with Gasteiger partial charge in [0.1, 0.15) is 0 Å². The van der Waals surface area contributed by atoms with Gasteiger partial charge in [-0.25, -0.2) is 0 Å². The molecule has 1 heterocycles. The van der Waals surface area contributed by atoms with Crippen molar-refractivity contribution in [2.45, 2.75) is 25.8 Å². The Morgan fingerprint density at radius 2 is 1.68 bits per heavy atom. The van der Waals surface area contributed by atoms with Crippen molar-refractivity contribution in [3.05, 3.63) is 60.2 Å². The van der Waals surface area contributed by atoms with Crippen LogP contribution in [-0.2, 0) is 4.79 Å². The maximum absolute atomic E-state index is 12.4. The van der Waals surface area contributed by atoms with Crippen LogP contribution >= 0.6 is 0 Å².